The third-order valence-electron chi connectivity index (χ3n) is 6.39. The summed E-state index contributed by atoms with van der Waals surface area (Å²) in [7, 11) is -1.42. The number of carboxylic acid groups (broad SMARTS) is 1. The van der Waals surface area contributed by atoms with Gasteiger partial charge in [0.05, 0.1) is 21.3 Å². The number of hydrogen-bond donors (Lipinski definition) is 1. The summed E-state index contributed by atoms with van der Waals surface area (Å²) in [6.07, 6.45) is 4.70. The summed E-state index contributed by atoms with van der Waals surface area (Å²) < 4.78 is 12.7. The van der Waals surface area contributed by atoms with Gasteiger partial charge in [-0.2, -0.15) is 0 Å². The largest absolute Gasteiger partial charge is 0.478 e. The van der Waals surface area contributed by atoms with E-state index in [2.05, 4.69) is 20.8 Å². The van der Waals surface area contributed by atoms with Crippen molar-refractivity contribution in [3.05, 3.63) is 99.6 Å². The molecule has 0 bridgehead atoms. The van der Waals surface area contributed by atoms with Crippen molar-refractivity contribution in [1.82, 2.24) is 0 Å². The van der Waals surface area contributed by atoms with Crippen LogP contribution in [-0.4, -0.2) is 26.8 Å². The number of benzene rings is 3. The van der Waals surface area contributed by atoms with Crippen LogP contribution in [-0.2, 0) is 22.6 Å². The van der Waals surface area contributed by atoms with E-state index in [0.717, 1.165) is 37.7 Å². The molecule has 1 atom stereocenters. The fourth-order valence-corrected chi connectivity index (χ4v) is 5.68. The Hall–Kier alpha value is -2.76. The van der Waals surface area contributed by atoms with Crippen molar-refractivity contribution >= 4 is 34.2 Å². The molecule has 0 amide bonds. The van der Waals surface area contributed by atoms with Crippen molar-refractivity contribution in [3.8, 4) is 0 Å². The van der Waals surface area contributed by atoms with Gasteiger partial charge < -0.3 is 5.11 Å². The van der Waals surface area contributed by atoms with E-state index in [9.17, 15) is 18.9 Å². The highest BCUT2D eigenvalue weighted by Gasteiger charge is 2.23. The Morgan fingerprint density at radius 2 is 1.53 bits per heavy atom. The Bertz CT molecular complexity index is 1230. The second-order valence-corrected chi connectivity index (χ2v) is 11.7. The number of halogens is 1. The van der Waals surface area contributed by atoms with E-state index in [1.165, 1.54) is 17.7 Å². The van der Waals surface area contributed by atoms with Gasteiger partial charge >= 0.3 is 5.97 Å². The first kappa shape index (κ1) is 27.8. The molecule has 0 aliphatic heterocycles. The number of unbranched alkanes of at least 4 members (excludes halogenated alkanes) is 3. The number of ketones is 1. The smallest absolute Gasteiger partial charge is 0.336 e. The molecule has 1 N–H and O–H groups in total. The lowest BCUT2D eigenvalue weighted by atomic mass is 9.79. The third-order valence-corrected chi connectivity index (χ3v) is 8.15. The van der Waals surface area contributed by atoms with Crippen LogP contribution < -0.4 is 0 Å². The topological polar surface area (TPSA) is 71.4 Å². The average molecular weight is 525 g/mol. The third kappa shape index (κ3) is 7.14. The van der Waals surface area contributed by atoms with Crippen LogP contribution in [0.15, 0.2) is 71.6 Å². The Balaban J connectivity index is 1.77. The second kappa shape index (κ2) is 12.5. The van der Waals surface area contributed by atoms with Gasteiger partial charge in [0.25, 0.3) is 0 Å². The van der Waals surface area contributed by atoms with Crippen molar-refractivity contribution in [2.45, 2.75) is 63.2 Å². The first-order valence-electron chi connectivity index (χ1n) is 12.3. The molecule has 4 nitrogen and oxygen atoms in total. The molecule has 36 heavy (non-hydrogen) atoms. The second-order valence-electron chi connectivity index (χ2n) is 9.72. The maximum absolute atomic E-state index is 13.1. The minimum Gasteiger partial charge on any atom is -0.478 e. The van der Waals surface area contributed by atoms with E-state index in [0.29, 0.717) is 16.3 Å². The molecule has 190 valence electrons. The molecule has 0 radical (unpaired) electrons. The van der Waals surface area contributed by atoms with Crippen LogP contribution in [0.25, 0.3) is 0 Å². The van der Waals surface area contributed by atoms with Crippen LogP contribution in [0, 0.1) is 0 Å². The van der Waals surface area contributed by atoms with E-state index >= 15 is 0 Å². The molecular weight excluding hydrogens is 492 g/mol. The van der Waals surface area contributed by atoms with Gasteiger partial charge in [-0.25, -0.2) is 4.79 Å². The van der Waals surface area contributed by atoms with Gasteiger partial charge in [0.15, 0.2) is 5.78 Å². The molecule has 0 aliphatic carbocycles. The summed E-state index contributed by atoms with van der Waals surface area (Å²) in [5.74, 6) is -1.03. The Kier molecular flexibility index (Phi) is 9.63. The highest BCUT2D eigenvalue weighted by molar-refractivity contribution is 7.85. The monoisotopic (exact) mass is 524 g/mol. The van der Waals surface area contributed by atoms with Crippen molar-refractivity contribution < 1.29 is 18.9 Å². The number of carboxylic acids is 1. The molecule has 0 aliphatic rings. The van der Waals surface area contributed by atoms with Crippen LogP contribution >= 0.6 is 11.6 Å². The van der Waals surface area contributed by atoms with Gasteiger partial charge in [0, 0.05) is 21.9 Å². The molecule has 0 saturated carbocycles. The standard InChI is InChI=1S/C30H33ClO4S/c1-4-5-6-7-18-36(35)27-17-12-23(19-26(27)29(33)34)28(32)22-10-13-24(14-11-22)30(2,3)20-21-8-15-25(31)16-9-21/h8-17,19H,4-7,18,20H2,1-3H3,(H,33,34). The number of rotatable bonds is 12. The molecule has 3 aromatic rings. The molecule has 0 spiro atoms. The predicted octanol–water partition coefficient (Wildman–Crippen LogP) is 7.48. The molecule has 3 aromatic carbocycles. The predicted molar refractivity (Wildman–Crippen MR) is 147 cm³/mol. The van der Waals surface area contributed by atoms with E-state index in [1.54, 1.807) is 18.2 Å². The number of hydrogen-bond acceptors (Lipinski definition) is 3. The lowest BCUT2D eigenvalue weighted by molar-refractivity contribution is 0.0693. The lowest BCUT2D eigenvalue weighted by Gasteiger charge is -2.26. The highest BCUT2D eigenvalue weighted by Crippen LogP contribution is 2.29. The number of carbonyl (C=O) groups is 2. The molecule has 6 heteroatoms. The fraction of sp³-hybridized carbons (Fsp3) is 0.333. The Morgan fingerprint density at radius 3 is 2.14 bits per heavy atom. The average Bonchev–Trinajstić information content (AvgIpc) is 2.87. The minimum absolute atomic E-state index is 0.0737. The van der Waals surface area contributed by atoms with E-state index in [1.807, 2.05) is 36.4 Å². The number of carbonyl (C=O) groups excluding carboxylic acids is 1. The van der Waals surface area contributed by atoms with Crippen LogP contribution in [0.3, 0.4) is 0 Å². The van der Waals surface area contributed by atoms with Crippen LogP contribution in [0.4, 0.5) is 0 Å². The first-order chi connectivity index (χ1) is 17.1. The lowest BCUT2D eigenvalue weighted by Crippen LogP contribution is -2.20. The zero-order valence-electron chi connectivity index (χ0n) is 21.1. The van der Waals surface area contributed by atoms with Gasteiger partial charge in [-0.15, -0.1) is 0 Å². The maximum Gasteiger partial charge on any atom is 0.336 e. The maximum atomic E-state index is 13.1. The number of aromatic carboxylic acids is 1. The normalized spacial score (nSPS) is 12.3. The van der Waals surface area contributed by atoms with Crippen molar-refractivity contribution in [3.63, 3.8) is 0 Å². The molecule has 0 saturated heterocycles. The zero-order chi connectivity index (χ0) is 26.3. The molecule has 0 aromatic heterocycles. The van der Waals surface area contributed by atoms with Crippen LogP contribution in [0.5, 0.6) is 0 Å². The van der Waals surface area contributed by atoms with Crippen LogP contribution in [0.1, 0.15) is 83.9 Å². The summed E-state index contributed by atoms with van der Waals surface area (Å²) >= 11 is 6.00. The summed E-state index contributed by atoms with van der Waals surface area (Å²) in [5.41, 5.74) is 2.78. The highest BCUT2D eigenvalue weighted by atomic mass is 35.5. The first-order valence-corrected chi connectivity index (χ1v) is 14.0. The molecular formula is C30H33ClO4S. The molecule has 0 heterocycles. The zero-order valence-corrected chi connectivity index (χ0v) is 22.6. The van der Waals surface area contributed by atoms with E-state index < -0.39 is 16.8 Å². The van der Waals surface area contributed by atoms with E-state index in [4.69, 9.17) is 11.6 Å². The summed E-state index contributed by atoms with van der Waals surface area (Å²) in [5, 5.41) is 10.4. The van der Waals surface area contributed by atoms with Crippen molar-refractivity contribution in [1.29, 1.82) is 0 Å². The summed E-state index contributed by atoms with van der Waals surface area (Å²) in [6, 6.07) is 19.7. The SMILES string of the molecule is CCCCCCS(=O)c1ccc(C(=O)c2ccc(C(C)(C)Cc3ccc(Cl)cc3)cc2)cc1C(=O)O. The molecule has 1 unspecified atom stereocenters. The van der Waals surface area contributed by atoms with Gasteiger partial charge in [0.1, 0.15) is 0 Å². The van der Waals surface area contributed by atoms with Gasteiger partial charge in [-0.3, -0.25) is 9.00 Å². The van der Waals surface area contributed by atoms with E-state index in [-0.39, 0.29) is 27.2 Å². The fourth-order valence-electron chi connectivity index (χ4n) is 4.26. The van der Waals surface area contributed by atoms with Crippen molar-refractivity contribution in [2.75, 3.05) is 5.75 Å². The quantitative estimate of drug-likeness (QED) is 0.197. The molecule has 0 fully saturated rings. The Morgan fingerprint density at radius 1 is 0.889 bits per heavy atom. The van der Waals surface area contributed by atoms with Gasteiger partial charge in [0.2, 0.25) is 0 Å². The minimum atomic E-state index is -1.42. The Labute approximate surface area is 221 Å². The summed E-state index contributed by atoms with van der Waals surface area (Å²) in [4.78, 5) is 25.3. The van der Waals surface area contributed by atoms with Crippen molar-refractivity contribution in [2.24, 2.45) is 0 Å². The summed E-state index contributed by atoms with van der Waals surface area (Å²) in [6.45, 7) is 6.41. The molecule has 3 rings (SSSR count). The van der Waals surface area contributed by atoms with Crippen LogP contribution in [0.2, 0.25) is 5.02 Å². The van der Waals surface area contributed by atoms with Gasteiger partial charge in [-0.1, -0.05) is 88.0 Å². The van der Waals surface area contributed by atoms with Gasteiger partial charge in [-0.05, 0) is 59.7 Å².